The standard InChI is InChI=1S/C19H26O6/c1-5-11-24-19(3,4)15-9-7-14(8-10-15)18(22)25-16(12-20)13-23-17(21)6-2/h6-10,16,20H,2,5,11-13H2,1,3-4H3. The van der Waals surface area contributed by atoms with Gasteiger partial charge in [0.25, 0.3) is 0 Å². The van der Waals surface area contributed by atoms with Crippen LogP contribution in [0.1, 0.15) is 43.1 Å². The van der Waals surface area contributed by atoms with Crippen LogP contribution in [-0.4, -0.2) is 43.0 Å². The number of carbonyl (C=O) groups is 2. The van der Waals surface area contributed by atoms with E-state index in [1.807, 2.05) is 20.8 Å². The second kappa shape index (κ2) is 9.96. The van der Waals surface area contributed by atoms with Crippen LogP contribution in [0.25, 0.3) is 0 Å². The van der Waals surface area contributed by atoms with Crippen LogP contribution < -0.4 is 0 Å². The van der Waals surface area contributed by atoms with E-state index in [-0.39, 0.29) is 6.61 Å². The van der Waals surface area contributed by atoms with Crippen molar-refractivity contribution in [3.63, 3.8) is 0 Å². The molecule has 0 aliphatic rings. The lowest BCUT2D eigenvalue weighted by molar-refractivity contribution is -0.141. The molecule has 1 rings (SSSR count). The third kappa shape index (κ3) is 6.68. The summed E-state index contributed by atoms with van der Waals surface area (Å²) in [4.78, 5) is 23.2. The van der Waals surface area contributed by atoms with E-state index in [9.17, 15) is 14.7 Å². The Morgan fingerprint density at radius 3 is 2.44 bits per heavy atom. The monoisotopic (exact) mass is 350 g/mol. The van der Waals surface area contributed by atoms with Gasteiger partial charge in [0.05, 0.1) is 17.8 Å². The molecule has 138 valence electrons. The van der Waals surface area contributed by atoms with E-state index in [0.717, 1.165) is 18.1 Å². The molecule has 1 N–H and O–H groups in total. The topological polar surface area (TPSA) is 82.1 Å². The fourth-order valence-corrected chi connectivity index (χ4v) is 2.03. The summed E-state index contributed by atoms with van der Waals surface area (Å²) >= 11 is 0. The highest BCUT2D eigenvalue weighted by Gasteiger charge is 2.22. The van der Waals surface area contributed by atoms with Gasteiger partial charge in [-0.25, -0.2) is 9.59 Å². The molecule has 0 aliphatic carbocycles. The Bertz CT molecular complexity index is 576. The highest BCUT2D eigenvalue weighted by atomic mass is 16.6. The van der Waals surface area contributed by atoms with Gasteiger partial charge in [-0.15, -0.1) is 0 Å². The predicted molar refractivity (Wildman–Crippen MR) is 93.2 cm³/mol. The van der Waals surface area contributed by atoms with E-state index in [2.05, 4.69) is 6.58 Å². The molecule has 1 aromatic rings. The number of ether oxygens (including phenoxy) is 3. The fraction of sp³-hybridized carbons (Fsp3) is 0.474. The van der Waals surface area contributed by atoms with Crippen LogP contribution in [0.2, 0.25) is 0 Å². The Kier molecular flexibility index (Phi) is 8.31. The Morgan fingerprint density at radius 2 is 1.92 bits per heavy atom. The van der Waals surface area contributed by atoms with Gasteiger partial charge in [0.1, 0.15) is 6.61 Å². The molecule has 0 fully saturated rings. The first-order chi connectivity index (χ1) is 11.8. The minimum atomic E-state index is -0.930. The largest absolute Gasteiger partial charge is 0.458 e. The maximum absolute atomic E-state index is 12.1. The molecule has 0 saturated carbocycles. The van der Waals surface area contributed by atoms with Crippen molar-refractivity contribution in [1.29, 1.82) is 0 Å². The highest BCUT2D eigenvalue weighted by molar-refractivity contribution is 5.89. The number of aliphatic hydroxyl groups excluding tert-OH is 1. The second-order valence-electron chi connectivity index (χ2n) is 5.98. The van der Waals surface area contributed by atoms with Gasteiger partial charge in [0.2, 0.25) is 0 Å². The molecular weight excluding hydrogens is 324 g/mol. The van der Waals surface area contributed by atoms with Crippen molar-refractivity contribution in [2.24, 2.45) is 0 Å². The quantitative estimate of drug-likeness (QED) is 0.516. The van der Waals surface area contributed by atoms with Gasteiger partial charge in [0, 0.05) is 12.7 Å². The number of benzene rings is 1. The van der Waals surface area contributed by atoms with Crippen molar-refractivity contribution in [3.05, 3.63) is 48.0 Å². The Hall–Kier alpha value is -2.18. The molecule has 6 heteroatoms. The zero-order valence-electron chi connectivity index (χ0n) is 15.0. The van der Waals surface area contributed by atoms with Crippen LogP contribution in [0, 0.1) is 0 Å². The molecule has 25 heavy (non-hydrogen) atoms. The van der Waals surface area contributed by atoms with Crippen molar-refractivity contribution in [1.82, 2.24) is 0 Å². The average Bonchev–Trinajstić information content (AvgIpc) is 2.62. The van der Waals surface area contributed by atoms with E-state index in [1.165, 1.54) is 0 Å². The second-order valence-corrected chi connectivity index (χ2v) is 5.98. The third-order valence-electron chi connectivity index (χ3n) is 3.54. The molecular formula is C19H26O6. The molecule has 0 radical (unpaired) electrons. The number of aliphatic hydroxyl groups is 1. The first-order valence-corrected chi connectivity index (χ1v) is 8.19. The van der Waals surface area contributed by atoms with E-state index in [0.29, 0.717) is 12.2 Å². The summed E-state index contributed by atoms with van der Waals surface area (Å²) in [6.45, 7) is 9.20. The number of hydrogen-bond acceptors (Lipinski definition) is 6. The SMILES string of the molecule is C=CC(=O)OCC(CO)OC(=O)c1ccc(C(C)(C)OCCC)cc1. The minimum absolute atomic E-state index is 0.233. The first-order valence-electron chi connectivity index (χ1n) is 8.19. The fourth-order valence-electron chi connectivity index (χ4n) is 2.03. The van der Waals surface area contributed by atoms with E-state index in [1.54, 1.807) is 24.3 Å². The predicted octanol–water partition coefficient (Wildman–Crippen LogP) is 2.60. The third-order valence-corrected chi connectivity index (χ3v) is 3.54. The van der Waals surface area contributed by atoms with E-state index in [4.69, 9.17) is 14.2 Å². The summed E-state index contributed by atoms with van der Waals surface area (Å²) in [5.41, 5.74) is 0.824. The summed E-state index contributed by atoms with van der Waals surface area (Å²) in [5.74, 6) is -1.25. The zero-order chi connectivity index (χ0) is 18.9. The van der Waals surface area contributed by atoms with Gasteiger partial charge in [0.15, 0.2) is 6.10 Å². The van der Waals surface area contributed by atoms with Gasteiger partial charge in [-0.05, 0) is 38.0 Å². The van der Waals surface area contributed by atoms with Crippen LogP contribution in [0.3, 0.4) is 0 Å². The molecule has 0 amide bonds. The van der Waals surface area contributed by atoms with Crippen LogP contribution >= 0.6 is 0 Å². The summed E-state index contributed by atoms with van der Waals surface area (Å²) in [7, 11) is 0. The molecule has 6 nitrogen and oxygen atoms in total. The molecule has 0 bridgehead atoms. The summed E-state index contributed by atoms with van der Waals surface area (Å²) in [6.07, 6.45) is 0.991. The highest BCUT2D eigenvalue weighted by Crippen LogP contribution is 2.25. The van der Waals surface area contributed by atoms with Crippen molar-refractivity contribution in [2.75, 3.05) is 19.8 Å². The van der Waals surface area contributed by atoms with Crippen molar-refractivity contribution in [2.45, 2.75) is 38.9 Å². The lowest BCUT2D eigenvalue weighted by Crippen LogP contribution is -2.28. The van der Waals surface area contributed by atoms with Crippen LogP contribution in [0.5, 0.6) is 0 Å². The zero-order valence-corrected chi connectivity index (χ0v) is 15.0. The lowest BCUT2D eigenvalue weighted by Gasteiger charge is -2.26. The number of hydrogen-bond donors (Lipinski definition) is 1. The van der Waals surface area contributed by atoms with Gasteiger partial charge in [-0.1, -0.05) is 25.6 Å². The number of carbonyl (C=O) groups excluding carboxylic acids is 2. The molecule has 1 unspecified atom stereocenters. The molecule has 0 heterocycles. The average molecular weight is 350 g/mol. The van der Waals surface area contributed by atoms with Crippen LogP contribution in [0.4, 0.5) is 0 Å². The molecule has 0 spiro atoms. The maximum Gasteiger partial charge on any atom is 0.338 e. The molecule has 0 aromatic heterocycles. The van der Waals surface area contributed by atoms with Crippen molar-refractivity contribution >= 4 is 11.9 Å². The molecule has 1 aromatic carbocycles. The smallest absolute Gasteiger partial charge is 0.338 e. The summed E-state index contributed by atoms with van der Waals surface area (Å²) < 4.78 is 15.7. The maximum atomic E-state index is 12.1. The van der Waals surface area contributed by atoms with Gasteiger partial charge >= 0.3 is 11.9 Å². The van der Waals surface area contributed by atoms with E-state index >= 15 is 0 Å². The lowest BCUT2D eigenvalue weighted by atomic mass is 9.97. The van der Waals surface area contributed by atoms with Crippen molar-refractivity contribution in [3.8, 4) is 0 Å². The van der Waals surface area contributed by atoms with E-state index < -0.39 is 30.3 Å². The Labute approximate surface area is 148 Å². The van der Waals surface area contributed by atoms with Crippen LogP contribution in [0.15, 0.2) is 36.9 Å². The number of rotatable bonds is 10. The first kappa shape index (κ1) is 20.9. The Morgan fingerprint density at radius 1 is 1.28 bits per heavy atom. The molecule has 1 atom stereocenters. The van der Waals surface area contributed by atoms with Gasteiger partial charge < -0.3 is 19.3 Å². The van der Waals surface area contributed by atoms with Crippen molar-refractivity contribution < 1.29 is 28.9 Å². The number of esters is 2. The van der Waals surface area contributed by atoms with Gasteiger partial charge in [-0.3, -0.25) is 0 Å². The Balaban J connectivity index is 2.69. The van der Waals surface area contributed by atoms with Gasteiger partial charge in [-0.2, -0.15) is 0 Å². The molecule has 0 aliphatic heterocycles. The molecule has 0 saturated heterocycles. The summed E-state index contributed by atoms with van der Waals surface area (Å²) in [6, 6.07) is 6.88. The minimum Gasteiger partial charge on any atom is -0.458 e. The summed E-state index contributed by atoms with van der Waals surface area (Å²) in [5, 5.41) is 9.23. The normalized spacial score (nSPS) is 12.3. The van der Waals surface area contributed by atoms with Crippen LogP contribution in [-0.2, 0) is 24.6 Å².